The van der Waals surface area contributed by atoms with Gasteiger partial charge in [0, 0.05) is 25.4 Å². The summed E-state index contributed by atoms with van der Waals surface area (Å²) in [7, 11) is 1.35. The van der Waals surface area contributed by atoms with Gasteiger partial charge in [-0.3, -0.25) is 4.79 Å². The van der Waals surface area contributed by atoms with Gasteiger partial charge in [-0.1, -0.05) is 6.07 Å². The molecule has 1 atom stereocenters. The molecule has 0 aliphatic rings. The molecule has 18 heavy (non-hydrogen) atoms. The first-order valence-electron chi connectivity index (χ1n) is 5.15. The highest BCUT2D eigenvalue weighted by Crippen LogP contribution is 2.19. The summed E-state index contributed by atoms with van der Waals surface area (Å²) in [6.45, 7) is -2.89. The average Bonchev–Trinajstić information content (AvgIpc) is 2.30. The third-order valence-electron chi connectivity index (χ3n) is 2.12. The van der Waals surface area contributed by atoms with Gasteiger partial charge in [-0.05, 0) is 12.1 Å². The Bertz CT molecular complexity index is 398. The summed E-state index contributed by atoms with van der Waals surface area (Å²) >= 11 is 0. The number of anilines is 1. The first-order chi connectivity index (χ1) is 8.56. The maximum absolute atomic E-state index is 12.0. The fraction of sp³-hybridized carbons (Fsp3) is 0.364. The van der Waals surface area contributed by atoms with Crippen LogP contribution in [-0.4, -0.2) is 32.3 Å². The second kappa shape index (κ2) is 6.87. The normalized spacial score (nSPS) is 12.3. The number of methoxy groups -OCH3 is 1. The maximum atomic E-state index is 12.0. The van der Waals surface area contributed by atoms with Gasteiger partial charge in [0.05, 0.1) is 0 Å². The van der Waals surface area contributed by atoms with Crippen LogP contribution in [0, 0.1) is 0 Å². The highest BCUT2D eigenvalue weighted by molar-refractivity contribution is 5.94. The summed E-state index contributed by atoms with van der Waals surface area (Å²) in [4.78, 5) is 11.6. The van der Waals surface area contributed by atoms with Gasteiger partial charge in [0.25, 0.3) is 5.91 Å². The Morgan fingerprint density at radius 2 is 2.22 bits per heavy atom. The Labute approximate surface area is 103 Å². The van der Waals surface area contributed by atoms with Crippen LogP contribution in [0.25, 0.3) is 0 Å². The van der Waals surface area contributed by atoms with E-state index in [4.69, 9.17) is 10.5 Å². The monoisotopic (exact) mass is 260 g/mol. The van der Waals surface area contributed by atoms with E-state index in [1.807, 2.05) is 0 Å². The number of carbonyl (C=O) groups is 1. The second-order valence-electron chi connectivity index (χ2n) is 3.36. The molecule has 7 heteroatoms. The molecular weight excluding hydrogens is 246 g/mol. The minimum Gasteiger partial charge on any atom is -0.435 e. The Balaban J connectivity index is 2.69. The van der Waals surface area contributed by atoms with E-state index in [0.717, 1.165) is 0 Å². The summed E-state index contributed by atoms with van der Waals surface area (Å²) in [5, 5.41) is 2.49. The van der Waals surface area contributed by atoms with E-state index in [1.165, 1.54) is 25.3 Å². The predicted octanol–water partition coefficient (Wildman–Crippen LogP) is 1.20. The molecule has 0 spiro atoms. The van der Waals surface area contributed by atoms with E-state index >= 15 is 0 Å². The van der Waals surface area contributed by atoms with Crippen molar-refractivity contribution in [3.63, 3.8) is 0 Å². The molecule has 0 aliphatic carbocycles. The van der Waals surface area contributed by atoms with Crippen molar-refractivity contribution >= 4 is 11.6 Å². The van der Waals surface area contributed by atoms with Gasteiger partial charge in [-0.25, -0.2) is 0 Å². The minimum absolute atomic E-state index is 0.0234. The summed E-state index contributed by atoms with van der Waals surface area (Å²) in [6, 6.07) is 5.67. The highest BCUT2D eigenvalue weighted by Gasteiger charge is 2.16. The number of amides is 1. The van der Waals surface area contributed by atoms with Crippen LogP contribution in [0.2, 0.25) is 0 Å². The Kier molecular flexibility index (Phi) is 5.47. The van der Waals surface area contributed by atoms with Crippen molar-refractivity contribution in [1.82, 2.24) is 0 Å². The Hall–Kier alpha value is -1.73. The van der Waals surface area contributed by atoms with Crippen LogP contribution in [0.4, 0.5) is 14.5 Å². The van der Waals surface area contributed by atoms with Crippen molar-refractivity contribution < 1.29 is 23.0 Å². The molecule has 100 valence electrons. The lowest BCUT2D eigenvalue weighted by atomic mass is 10.2. The van der Waals surface area contributed by atoms with Crippen molar-refractivity contribution in [3.05, 3.63) is 24.3 Å². The van der Waals surface area contributed by atoms with Gasteiger partial charge in [-0.2, -0.15) is 8.78 Å². The number of nitrogens with one attached hydrogen (secondary N) is 1. The largest absolute Gasteiger partial charge is 0.435 e. The molecular formula is C11H14F2N2O3. The molecule has 1 unspecified atom stereocenters. The number of rotatable bonds is 6. The maximum Gasteiger partial charge on any atom is 0.387 e. The van der Waals surface area contributed by atoms with E-state index in [0.29, 0.717) is 5.69 Å². The lowest BCUT2D eigenvalue weighted by Gasteiger charge is -2.13. The number of carbonyl (C=O) groups excluding carboxylic acids is 1. The molecule has 1 amide bonds. The number of hydrogen-bond acceptors (Lipinski definition) is 4. The highest BCUT2D eigenvalue weighted by atomic mass is 19.3. The third kappa shape index (κ3) is 4.27. The number of halogens is 2. The van der Waals surface area contributed by atoms with E-state index in [2.05, 4.69) is 10.1 Å². The van der Waals surface area contributed by atoms with E-state index < -0.39 is 18.6 Å². The molecule has 0 aromatic heterocycles. The molecule has 1 aromatic rings. The molecule has 0 heterocycles. The first kappa shape index (κ1) is 14.3. The molecule has 0 radical (unpaired) electrons. The lowest BCUT2D eigenvalue weighted by molar-refractivity contribution is -0.125. The van der Waals surface area contributed by atoms with Crippen LogP contribution in [0.5, 0.6) is 5.75 Å². The molecule has 1 aromatic carbocycles. The van der Waals surface area contributed by atoms with Crippen molar-refractivity contribution in [2.45, 2.75) is 12.7 Å². The zero-order valence-corrected chi connectivity index (χ0v) is 9.73. The number of nitrogens with two attached hydrogens (primary N) is 1. The topological polar surface area (TPSA) is 73.6 Å². The Morgan fingerprint density at radius 3 is 2.78 bits per heavy atom. The van der Waals surface area contributed by atoms with Crippen molar-refractivity contribution in [2.24, 2.45) is 5.73 Å². The Morgan fingerprint density at radius 1 is 1.50 bits per heavy atom. The zero-order chi connectivity index (χ0) is 13.5. The summed E-state index contributed by atoms with van der Waals surface area (Å²) in [5.41, 5.74) is 5.65. The number of ether oxygens (including phenoxy) is 2. The van der Waals surface area contributed by atoms with Gasteiger partial charge in [-0.15, -0.1) is 0 Å². The standard InChI is InChI=1S/C11H14F2N2O3/c1-17-9(6-14)10(16)15-7-3-2-4-8(5-7)18-11(12)13/h2-5,9,11H,6,14H2,1H3,(H,15,16). The van der Waals surface area contributed by atoms with Crippen molar-refractivity contribution in [2.75, 3.05) is 19.0 Å². The number of hydrogen-bond donors (Lipinski definition) is 2. The van der Waals surface area contributed by atoms with Crippen LogP contribution >= 0.6 is 0 Å². The first-order valence-corrected chi connectivity index (χ1v) is 5.15. The quantitative estimate of drug-likeness (QED) is 0.806. The zero-order valence-electron chi connectivity index (χ0n) is 9.73. The summed E-state index contributed by atoms with van der Waals surface area (Å²) in [5.74, 6) is -0.487. The molecule has 0 saturated carbocycles. The van der Waals surface area contributed by atoms with Gasteiger partial charge >= 0.3 is 6.61 Å². The SMILES string of the molecule is COC(CN)C(=O)Nc1cccc(OC(F)F)c1. The van der Waals surface area contributed by atoms with Crippen molar-refractivity contribution in [3.8, 4) is 5.75 Å². The molecule has 0 saturated heterocycles. The van der Waals surface area contributed by atoms with E-state index in [1.54, 1.807) is 6.07 Å². The number of alkyl halides is 2. The average molecular weight is 260 g/mol. The third-order valence-corrected chi connectivity index (χ3v) is 2.12. The fourth-order valence-corrected chi connectivity index (χ4v) is 1.28. The smallest absolute Gasteiger partial charge is 0.387 e. The molecule has 5 nitrogen and oxygen atoms in total. The van der Waals surface area contributed by atoms with Gasteiger partial charge in [0.1, 0.15) is 11.9 Å². The van der Waals surface area contributed by atoms with Crippen LogP contribution in [-0.2, 0) is 9.53 Å². The predicted molar refractivity (Wildman–Crippen MR) is 61.6 cm³/mol. The van der Waals surface area contributed by atoms with Crippen LogP contribution in [0.3, 0.4) is 0 Å². The van der Waals surface area contributed by atoms with Crippen LogP contribution in [0.1, 0.15) is 0 Å². The molecule has 0 bridgehead atoms. The van der Waals surface area contributed by atoms with Gasteiger partial charge < -0.3 is 20.5 Å². The van der Waals surface area contributed by atoms with E-state index in [9.17, 15) is 13.6 Å². The minimum atomic E-state index is -2.91. The second-order valence-corrected chi connectivity index (χ2v) is 3.36. The summed E-state index contributed by atoms with van der Waals surface area (Å²) in [6.07, 6.45) is -0.787. The van der Waals surface area contributed by atoms with Gasteiger partial charge in [0.15, 0.2) is 0 Å². The lowest BCUT2D eigenvalue weighted by Crippen LogP contribution is -2.35. The molecule has 0 fully saturated rings. The van der Waals surface area contributed by atoms with Crippen LogP contribution < -0.4 is 15.8 Å². The number of benzene rings is 1. The van der Waals surface area contributed by atoms with Crippen molar-refractivity contribution in [1.29, 1.82) is 0 Å². The molecule has 1 rings (SSSR count). The summed E-state index contributed by atoms with van der Waals surface area (Å²) < 4.78 is 33.1. The van der Waals surface area contributed by atoms with E-state index in [-0.39, 0.29) is 12.3 Å². The van der Waals surface area contributed by atoms with Crippen LogP contribution in [0.15, 0.2) is 24.3 Å². The molecule has 3 N–H and O–H groups in total. The molecule has 0 aliphatic heterocycles. The van der Waals surface area contributed by atoms with Gasteiger partial charge in [0.2, 0.25) is 0 Å². The fourth-order valence-electron chi connectivity index (χ4n) is 1.28.